The van der Waals surface area contributed by atoms with Crippen molar-refractivity contribution in [3.63, 3.8) is 0 Å². The summed E-state index contributed by atoms with van der Waals surface area (Å²) < 4.78 is 0. The van der Waals surface area contributed by atoms with E-state index in [0.29, 0.717) is 0 Å². The average molecular weight is 286 g/mol. The molecule has 1 aromatic heterocycles. The summed E-state index contributed by atoms with van der Waals surface area (Å²) in [4.78, 5) is 16.8. The van der Waals surface area contributed by atoms with Crippen LogP contribution in [0.3, 0.4) is 0 Å². The van der Waals surface area contributed by atoms with E-state index in [2.05, 4.69) is 36.2 Å². The predicted molar refractivity (Wildman–Crippen MR) is 82.0 cm³/mol. The van der Waals surface area contributed by atoms with E-state index in [1.54, 1.807) is 11.3 Å². The first-order valence-corrected chi connectivity index (χ1v) is 7.76. The van der Waals surface area contributed by atoms with Crippen LogP contribution in [0.1, 0.15) is 22.0 Å². The molecule has 1 fully saturated rings. The number of hydrogen-bond donors (Lipinski definition) is 0. The number of thiophene rings is 1. The summed E-state index contributed by atoms with van der Waals surface area (Å²) in [6, 6.07) is 12.6. The van der Waals surface area contributed by atoms with Crippen LogP contribution in [0, 0.1) is 0 Å². The van der Waals surface area contributed by atoms with Crippen molar-refractivity contribution in [3.8, 4) is 0 Å². The zero-order chi connectivity index (χ0) is 13.9. The number of amides is 1. The maximum absolute atomic E-state index is 12.5. The molecule has 1 saturated heterocycles. The van der Waals surface area contributed by atoms with Gasteiger partial charge < -0.3 is 4.90 Å². The molecule has 1 atom stereocenters. The van der Waals surface area contributed by atoms with E-state index in [0.717, 1.165) is 25.2 Å². The Morgan fingerprint density at radius 1 is 1.20 bits per heavy atom. The number of nitrogens with zero attached hydrogens (tertiary/aromatic N) is 2. The summed E-state index contributed by atoms with van der Waals surface area (Å²) in [6.07, 6.45) is 0. The summed E-state index contributed by atoms with van der Waals surface area (Å²) in [5, 5.41) is 3.89. The Bertz CT molecular complexity index is 567. The normalized spacial score (nSPS) is 20.1. The molecule has 1 aliphatic rings. The van der Waals surface area contributed by atoms with Crippen LogP contribution >= 0.6 is 11.3 Å². The Kier molecular flexibility index (Phi) is 3.85. The lowest BCUT2D eigenvalue weighted by molar-refractivity contribution is 0.0547. The topological polar surface area (TPSA) is 23.6 Å². The molecule has 0 radical (unpaired) electrons. The third-order valence-electron chi connectivity index (χ3n) is 3.89. The van der Waals surface area contributed by atoms with Gasteiger partial charge in [0.25, 0.3) is 5.91 Å². The molecule has 4 heteroatoms. The predicted octanol–water partition coefficient (Wildman–Crippen LogP) is 2.88. The number of piperazine rings is 1. The van der Waals surface area contributed by atoms with Gasteiger partial charge in [0.05, 0.1) is 11.6 Å². The van der Waals surface area contributed by atoms with Gasteiger partial charge in [0.15, 0.2) is 0 Å². The molecule has 0 N–H and O–H groups in total. The number of benzene rings is 1. The lowest BCUT2D eigenvalue weighted by Gasteiger charge is -2.39. The summed E-state index contributed by atoms with van der Waals surface area (Å²) in [6.45, 7) is 2.47. The second-order valence-corrected chi connectivity index (χ2v) is 5.95. The molecule has 3 rings (SSSR count). The first kappa shape index (κ1) is 13.3. The highest BCUT2D eigenvalue weighted by Gasteiger charge is 2.28. The van der Waals surface area contributed by atoms with Crippen molar-refractivity contribution >= 4 is 17.2 Å². The number of hydrogen-bond acceptors (Lipinski definition) is 3. The maximum Gasteiger partial charge on any atom is 0.254 e. The molecule has 1 aliphatic heterocycles. The Hall–Kier alpha value is -1.65. The highest BCUT2D eigenvalue weighted by molar-refractivity contribution is 7.08. The minimum Gasteiger partial charge on any atom is -0.335 e. The second-order valence-electron chi connectivity index (χ2n) is 5.17. The van der Waals surface area contributed by atoms with Crippen LogP contribution in [0.2, 0.25) is 0 Å². The summed E-state index contributed by atoms with van der Waals surface area (Å²) in [5.74, 6) is 0.153. The third kappa shape index (κ3) is 2.62. The van der Waals surface area contributed by atoms with Crippen molar-refractivity contribution in [2.75, 3.05) is 26.7 Å². The molecule has 0 aliphatic carbocycles. The largest absolute Gasteiger partial charge is 0.335 e. The van der Waals surface area contributed by atoms with Gasteiger partial charge in [-0.2, -0.15) is 11.3 Å². The van der Waals surface area contributed by atoms with Crippen molar-refractivity contribution in [3.05, 3.63) is 58.3 Å². The maximum atomic E-state index is 12.5. The summed E-state index contributed by atoms with van der Waals surface area (Å²) >= 11 is 1.57. The van der Waals surface area contributed by atoms with E-state index in [4.69, 9.17) is 0 Å². The first-order chi connectivity index (χ1) is 9.75. The van der Waals surface area contributed by atoms with Crippen LogP contribution in [0.15, 0.2) is 47.2 Å². The third-order valence-corrected chi connectivity index (χ3v) is 4.57. The van der Waals surface area contributed by atoms with Crippen molar-refractivity contribution < 1.29 is 4.79 Å². The minimum absolute atomic E-state index is 0.153. The van der Waals surface area contributed by atoms with Gasteiger partial charge in [-0.05, 0) is 24.1 Å². The number of likely N-dealkylation sites (N-methyl/N-ethyl adjacent to an activating group) is 1. The molecular weight excluding hydrogens is 268 g/mol. The highest BCUT2D eigenvalue weighted by Crippen LogP contribution is 2.25. The van der Waals surface area contributed by atoms with E-state index < -0.39 is 0 Å². The van der Waals surface area contributed by atoms with Crippen molar-refractivity contribution in [1.82, 2.24) is 9.80 Å². The van der Waals surface area contributed by atoms with Gasteiger partial charge in [-0.15, -0.1) is 0 Å². The van der Waals surface area contributed by atoms with E-state index in [1.165, 1.54) is 5.56 Å². The van der Waals surface area contributed by atoms with E-state index >= 15 is 0 Å². The Labute approximate surface area is 123 Å². The molecule has 104 valence electrons. The number of carbonyl (C=O) groups excluding carboxylic acids is 1. The van der Waals surface area contributed by atoms with Crippen LogP contribution in [0.25, 0.3) is 0 Å². The second kappa shape index (κ2) is 5.77. The molecular formula is C16H18N2OS. The standard InChI is InChI=1S/C16H18N2OS/c1-17-8-9-18(16(19)14-7-10-20-12-14)11-15(17)13-5-3-2-4-6-13/h2-7,10,12,15H,8-9,11H2,1H3. The van der Waals surface area contributed by atoms with Crippen molar-refractivity contribution in [2.45, 2.75) is 6.04 Å². The molecule has 0 saturated carbocycles. The first-order valence-electron chi connectivity index (χ1n) is 6.82. The van der Waals surface area contributed by atoms with Crippen LogP contribution in [-0.4, -0.2) is 42.4 Å². The van der Waals surface area contributed by atoms with Gasteiger partial charge in [0, 0.05) is 25.0 Å². The van der Waals surface area contributed by atoms with E-state index in [9.17, 15) is 4.79 Å². The molecule has 2 aromatic rings. The van der Waals surface area contributed by atoms with Crippen LogP contribution < -0.4 is 0 Å². The van der Waals surface area contributed by atoms with Gasteiger partial charge in [-0.1, -0.05) is 30.3 Å². The molecule has 1 unspecified atom stereocenters. The molecule has 0 bridgehead atoms. The fourth-order valence-electron chi connectivity index (χ4n) is 2.66. The summed E-state index contributed by atoms with van der Waals surface area (Å²) in [7, 11) is 2.13. The quantitative estimate of drug-likeness (QED) is 0.847. The average Bonchev–Trinajstić information content (AvgIpc) is 3.02. The van der Waals surface area contributed by atoms with E-state index in [-0.39, 0.29) is 11.9 Å². The fourth-order valence-corrected chi connectivity index (χ4v) is 3.29. The van der Waals surface area contributed by atoms with Crippen LogP contribution in [0.5, 0.6) is 0 Å². The molecule has 3 nitrogen and oxygen atoms in total. The Morgan fingerprint density at radius 3 is 2.70 bits per heavy atom. The molecule has 20 heavy (non-hydrogen) atoms. The smallest absolute Gasteiger partial charge is 0.254 e. The molecule has 1 aromatic carbocycles. The van der Waals surface area contributed by atoms with Gasteiger partial charge in [0.1, 0.15) is 0 Å². The van der Waals surface area contributed by atoms with E-state index in [1.807, 2.05) is 27.8 Å². The monoisotopic (exact) mass is 286 g/mol. The molecule has 0 spiro atoms. The Balaban J connectivity index is 1.78. The van der Waals surface area contributed by atoms with Gasteiger partial charge >= 0.3 is 0 Å². The van der Waals surface area contributed by atoms with Gasteiger partial charge in [-0.25, -0.2) is 0 Å². The highest BCUT2D eigenvalue weighted by atomic mass is 32.1. The van der Waals surface area contributed by atoms with Gasteiger partial charge in [-0.3, -0.25) is 9.69 Å². The lowest BCUT2D eigenvalue weighted by atomic mass is 10.0. The van der Waals surface area contributed by atoms with Crippen molar-refractivity contribution in [2.24, 2.45) is 0 Å². The zero-order valence-electron chi connectivity index (χ0n) is 11.5. The Morgan fingerprint density at radius 2 is 2.00 bits per heavy atom. The fraction of sp³-hybridized carbons (Fsp3) is 0.312. The molecule has 2 heterocycles. The number of carbonyl (C=O) groups is 1. The lowest BCUT2D eigenvalue weighted by Crippen LogP contribution is -2.48. The summed E-state index contributed by atoms with van der Waals surface area (Å²) in [5.41, 5.74) is 2.09. The van der Waals surface area contributed by atoms with Crippen molar-refractivity contribution in [1.29, 1.82) is 0 Å². The van der Waals surface area contributed by atoms with Gasteiger partial charge in [0.2, 0.25) is 0 Å². The molecule has 1 amide bonds. The number of rotatable bonds is 2. The van der Waals surface area contributed by atoms with Crippen LogP contribution in [-0.2, 0) is 0 Å². The minimum atomic E-state index is 0.153. The van der Waals surface area contributed by atoms with Crippen LogP contribution in [0.4, 0.5) is 0 Å². The zero-order valence-corrected chi connectivity index (χ0v) is 12.3. The SMILES string of the molecule is CN1CCN(C(=O)c2ccsc2)CC1c1ccccc1.